The van der Waals surface area contributed by atoms with E-state index in [1.807, 2.05) is 0 Å². The fourth-order valence-electron chi connectivity index (χ4n) is 2.19. The average molecular weight is 246 g/mol. The van der Waals surface area contributed by atoms with Gasteiger partial charge in [-0.15, -0.1) is 0 Å². The Morgan fingerprint density at radius 1 is 1.19 bits per heavy atom. The quantitative estimate of drug-likeness (QED) is 0.700. The zero-order valence-corrected chi connectivity index (χ0v) is 10.6. The Labute approximate surface area is 98.2 Å². The van der Waals surface area contributed by atoms with Crippen molar-refractivity contribution in [1.29, 1.82) is 0 Å². The topological polar surface area (TPSA) is 58.2 Å². The fourth-order valence-corrected chi connectivity index (χ4v) is 3.41. The molecule has 1 aliphatic carbocycles. The predicted octanol–water partition coefficient (Wildman–Crippen LogP) is 0.848. The molecule has 0 aromatic carbocycles. The highest BCUT2D eigenvalue weighted by Crippen LogP contribution is 2.32. The number of nitrogens with one attached hydrogen (secondary N) is 2. The van der Waals surface area contributed by atoms with Gasteiger partial charge in [-0.3, -0.25) is 0 Å². The Bertz CT molecular complexity index is 306. The molecule has 2 fully saturated rings. The van der Waals surface area contributed by atoms with Gasteiger partial charge in [0.15, 0.2) is 0 Å². The van der Waals surface area contributed by atoms with Gasteiger partial charge in [-0.05, 0) is 38.1 Å². The maximum Gasteiger partial charge on any atom is 0.211 e. The van der Waals surface area contributed by atoms with E-state index < -0.39 is 10.0 Å². The maximum atomic E-state index is 11.6. The molecular formula is C11H22N2O2S. The fraction of sp³-hybridized carbons (Fsp3) is 1.00. The van der Waals surface area contributed by atoms with E-state index in [9.17, 15) is 8.42 Å². The molecule has 1 saturated heterocycles. The summed E-state index contributed by atoms with van der Waals surface area (Å²) in [6.07, 6.45) is 6.62. The lowest BCUT2D eigenvalue weighted by Crippen LogP contribution is -2.32. The second-order valence-corrected chi connectivity index (χ2v) is 6.95. The molecular weight excluding hydrogens is 224 g/mol. The average Bonchev–Trinajstić information content (AvgIpc) is 2.93. The summed E-state index contributed by atoms with van der Waals surface area (Å²) < 4.78 is 25.9. The van der Waals surface area contributed by atoms with Crippen molar-refractivity contribution in [2.45, 2.75) is 44.6 Å². The predicted molar refractivity (Wildman–Crippen MR) is 64.8 cm³/mol. The van der Waals surface area contributed by atoms with Crippen LogP contribution in [0.2, 0.25) is 0 Å². The highest BCUT2D eigenvalue weighted by molar-refractivity contribution is 7.89. The SMILES string of the molecule is O=S(=O)(CCC1CC1)NCC[C@H]1CCCN1. The lowest BCUT2D eigenvalue weighted by Gasteiger charge is -2.11. The van der Waals surface area contributed by atoms with Crippen molar-refractivity contribution in [3.05, 3.63) is 0 Å². The van der Waals surface area contributed by atoms with Gasteiger partial charge in [-0.1, -0.05) is 12.8 Å². The summed E-state index contributed by atoms with van der Waals surface area (Å²) in [5.74, 6) is 1.00. The van der Waals surface area contributed by atoms with Crippen LogP contribution in [-0.2, 0) is 10.0 Å². The molecule has 1 atom stereocenters. The molecule has 1 aliphatic heterocycles. The van der Waals surface area contributed by atoms with Gasteiger partial charge in [0.05, 0.1) is 5.75 Å². The molecule has 0 radical (unpaired) electrons. The lowest BCUT2D eigenvalue weighted by atomic mass is 10.2. The minimum absolute atomic E-state index is 0.315. The Hall–Kier alpha value is -0.130. The van der Waals surface area contributed by atoms with Crippen LogP contribution < -0.4 is 10.0 Å². The summed E-state index contributed by atoms with van der Waals surface area (Å²) >= 11 is 0. The standard InChI is InChI=1S/C11H22N2O2S/c14-16(15,9-6-10-3-4-10)13-8-5-11-2-1-7-12-11/h10-13H,1-9H2/t11-/m1/s1. The molecule has 0 aromatic rings. The van der Waals surface area contributed by atoms with Gasteiger partial charge in [0.2, 0.25) is 10.0 Å². The van der Waals surface area contributed by atoms with E-state index in [1.54, 1.807) is 0 Å². The zero-order chi connectivity index (χ0) is 11.4. The van der Waals surface area contributed by atoms with Crippen LogP contribution >= 0.6 is 0 Å². The van der Waals surface area contributed by atoms with E-state index in [1.165, 1.54) is 25.7 Å². The summed E-state index contributed by atoms with van der Waals surface area (Å²) in [4.78, 5) is 0. The number of hydrogen-bond acceptors (Lipinski definition) is 3. The van der Waals surface area contributed by atoms with Crippen LogP contribution in [0.15, 0.2) is 0 Å². The molecule has 0 spiro atoms. The normalized spacial score (nSPS) is 26.1. The van der Waals surface area contributed by atoms with Crippen molar-refractivity contribution in [3.8, 4) is 0 Å². The van der Waals surface area contributed by atoms with Gasteiger partial charge in [-0.2, -0.15) is 0 Å². The molecule has 1 heterocycles. The first-order chi connectivity index (χ1) is 7.66. The van der Waals surface area contributed by atoms with Crippen molar-refractivity contribution in [1.82, 2.24) is 10.0 Å². The van der Waals surface area contributed by atoms with Crippen LogP contribution in [0.4, 0.5) is 0 Å². The van der Waals surface area contributed by atoms with Gasteiger partial charge in [-0.25, -0.2) is 13.1 Å². The minimum Gasteiger partial charge on any atom is -0.314 e. The maximum absolute atomic E-state index is 11.6. The highest BCUT2D eigenvalue weighted by Gasteiger charge is 2.24. The molecule has 5 heteroatoms. The smallest absolute Gasteiger partial charge is 0.211 e. The molecule has 2 aliphatic rings. The molecule has 0 amide bonds. The first-order valence-electron chi connectivity index (χ1n) is 6.36. The van der Waals surface area contributed by atoms with Crippen LogP contribution in [0, 0.1) is 5.92 Å². The largest absolute Gasteiger partial charge is 0.314 e. The summed E-state index contributed by atoms with van der Waals surface area (Å²) in [7, 11) is -3.01. The zero-order valence-electron chi connectivity index (χ0n) is 9.74. The Balaban J connectivity index is 1.59. The van der Waals surface area contributed by atoms with E-state index in [2.05, 4.69) is 10.0 Å². The molecule has 1 saturated carbocycles. The third-order valence-corrected chi connectivity index (χ3v) is 4.89. The van der Waals surface area contributed by atoms with Crippen molar-refractivity contribution in [3.63, 3.8) is 0 Å². The molecule has 4 nitrogen and oxygen atoms in total. The van der Waals surface area contributed by atoms with E-state index in [0.29, 0.717) is 24.3 Å². The Morgan fingerprint density at radius 2 is 2.00 bits per heavy atom. The second-order valence-electron chi connectivity index (χ2n) is 5.03. The first kappa shape index (κ1) is 12.3. The van der Waals surface area contributed by atoms with Gasteiger partial charge < -0.3 is 5.32 Å². The number of rotatable bonds is 7. The Kier molecular flexibility index (Phi) is 4.21. The van der Waals surface area contributed by atoms with Crippen LogP contribution in [-0.4, -0.2) is 33.3 Å². The third-order valence-electron chi connectivity index (χ3n) is 3.47. The van der Waals surface area contributed by atoms with Gasteiger partial charge in [0, 0.05) is 12.6 Å². The molecule has 0 bridgehead atoms. The Morgan fingerprint density at radius 3 is 2.62 bits per heavy atom. The van der Waals surface area contributed by atoms with Crippen LogP contribution in [0.3, 0.4) is 0 Å². The van der Waals surface area contributed by atoms with E-state index in [0.717, 1.165) is 19.4 Å². The molecule has 16 heavy (non-hydrogen) atoms. The van der Waals surface area contributed by atoms with Crippen LogP contribution in [0.1, 0.15) is 38.5 Å². The van der Waals surface area contributed by atoms with Crippen molar-refractivity contribution in [2.24, 2.45) is 5.92 Å². The van der Waals surface area contributed by atoms with Crippen molar-refractivity contribution < 1.29 is 8.42 Å². The lowest BCUT2D eigenvalue weighted by molar-refractivity contribution is 0.537. The summed E-state index contributed by atoms with van der Waals surface area (Å²) in [5.41, 5.74) is 0. The van der Waals surface area contributed by atoms with Crippen LogP contribution in [0.5, 0.6) is 0 Å². The van der Waals surface area contributed by atoms with Gasteiger partial charge in [0.25, 0.3) is 0 Å². The summed E-state index contributed by atoms with van der Waals surface area (Å²) in [6, 6.07) is 0.520. The first-order valence-corrected chi connectivity index (χ1v) is 8.02. The summed E-state index contributed by atoms with van der Waals surface area (Å²) in [5, 5.41) is 3.37. The molecule has 2 N–H and O–H groups in total. The van der Waals surface area contributed by atoms with Crippen LogP contribution in [0.25, 0.3) is 0 Å². The molecule has 0 aromatic heterocycles. The van der Waals surface area contributed by atoms with Gasteiger partial charge >= 0.3 is 0 Å². The van der Waals surface area contributed by atoms with E-state index >= 15 is 0 Å². The molecule has 94 valence electrons. The van der Waals surface area contributed by atoms with E-state index in [-0.39, 0.29) is 0 Å². The van der Waals surface area contributed by atoms with Gasteiger partial charge in [0.1, 0.15) is 0 Å². The van der Waals surface area contributed by atoms with E-state index in [4.69, 9.17) is 0 Å². The third kappa shape index (κ3) is 4.39. The molecule has 2 rings (SSSR count). The monoisotopic (exact) mass is 246 g/mol. The molecule has 0 unspecified atom stereocenters. The number of sulfonamides is 1. The second kappa shape index (κ2) is 5.47. The summed E-state index contributed by atoms with van der Waals surface area (Å²) in [6.45, 7) is 1.67. The van der Waals surface area contributed by atoms with Crippen molar-refractivity contribution >= 4 is 10.0 Å². The minimum atomic E-state index is -3.01. The van der Waals surface area contributed by atoms with Crippen molar-refractivity contribution in [2.75, 3.05) is 18.8 Å². The number of hydrogen-bond donors (Lipinski definition) is 2. The highest BCUT2D eigenvalue weighted by atomic mass is 32.2.